The Kier molecular flexibility index (Phi) is 1.63. The lowest BCUT2D eigenvalue weighted by atomic mass is 10.2. The molecule has 1 heterocycles. The fraction of sp³-hybridized carbons (Fsp3) is 0.875. The standard InChI is InChI=1S/C8H14N2O2/c1-12-4-8-3-5(8)2-6(10-8)7(9)11/h5-6,10H,2-4H2,1H3,(H2,9,11). The smallest absolute Gasteiger partial charge is 0.234 e. The lowest BCUT2D eigenvalue weighted by molar-refractivity contribution is -0.120. The first-order valence-corrected chi connectivity index (χ1v) is 4.24. The monoisotopic (exact) mass is 170 g/mol. The first kappa shape index (κ1) is 8.01. The number of hydrogen-bond donors (Lipinski definition) is 2. The van der Waals surface area contributed by atoms with Gasteiger partial charge in [0.25, 0.3) is 0 Å². The van der Waals surface area contributed by atoms with Crippen LogP contribution in [0.4, 0.5) is 0 Å². The van der Waals surface area contributed by atoms with Crippen LogP contribution in [-0.4, -0.2) is 31.2 Å². The number of fused-ring (bicyclic) bond motifs is 1. The van der Waals surface area contributed by atoms with Crippen molar-refractivity contribution in [3.8, 4) is 0 Å². The quantitative estimate of drug-likeness (QED) is 0.585. The predicted molar refractivity (Wildman–Crippen MR) is 43.4 cm³/mol. The number of piperidine rings is 1. The molecule has 0 bridgehead atoms. The van der Waals surface area contributed by atoms with E-state index < -0.39 is 0 Å². The fourth-order valence-corrected chi connectivity index (χ4v) is 2.22. The zero-order valence-corrected chi connectivity index (χ0v) is 7.17. The molecule has 1 saturated heterocycles. The molecule has 0 spiro atoms. The number of amides is 1. The Labute approximate surface area is 71.4 Å². The molecule has 3 N–H and O–H groups in total. The molecule has 2 fully saturated rings. The van der Waals surface area contributed by atoms with E-state index >= 15 is 0 Å². The summed E-state index contributed by atoms with van der Waals surface area (Å²) < 4.78 is 5.08. The second-order valence-corrected chi connectivity index (χ2v) is 3.83. The van der Waals surface area contributed by atoms with Crippen LogP contribution in [0.2, 0.25) is 0 Å². The molecule has 1 aliphatic heterocycles. The average Bonchev–Trinajstić information content (AvgIpc) is 2.54. The van der Waals surface area contributed by atoms with Gasteiger partial charge in [-0.1, -0.05) is 0 Å². The van der Waals surface area contributed by atoms with Gasteiger partial charge in [-0.05, 0) is 18.8 Å². The molecule has 12 heavy (non-hydrogen) atoms. The van der Waals surface area contributed by atoms with E-state index in [0.717, 1.165) is 12.8 Å². The van der Waals surface area contributed by atoms with Crippen molar-refractivity contribution in [1.29, 1.82) is 0 Å². The zero-order valence-electron chi connectivity index (χ0n) is 7.17. The highest BCUT2D eigenvalue weighted by Crippen LogP contribution is 2.51. The Morgan fingerprint density at radius 3 is 3.08 bits per heavy atom. The van der Waals surface area contributed by atoms with Crippen LogP contribution in [0.1, 0.15) is 12.8 Å². The van der Waals surface area contributed by atoms with Gasteiger partial charge in [0, 0.05) is 12.6 Å². The normalized spacial score (nSPS) is 44.1. The molecule has 0 aromatic heterocycles. The van der Waals surface area contributed by atoms with Crippen molar-refractivity contribution in [3.05, 3.63) is 0 Å². The molecule has 2 aliphatic rings. The molecule has 4 heteroatoms. The van der Waals surface area contributed by atoms with Gasteiger partial charge in [-0.25, -0.2) is 0 Å². The van der Waals surface area contributed by atoms with Crippen LogP contribution in [0.3, 0.4) is 0 Å². The highest BCUT2D eigenvalue weighted by Gasteiger charge is 2.61. The van der Waals surface area contributed by atoms with Crippen LogP contribution in [0.15, 0.2) is 0 Å². The van der Waals surface area contributed by atoms with Crippen molar-refractivity contribution in [2.45, 2.75) is 24.4 Å². The minimum Gasteiger partial charge on any atom is -0.383 e. The van der Waals surface area contributed by atoms with Crippen molar-refractivity contribution < 1.29 is 9.53 Å². The van der Waals surface area contributed by atoms with E-state index in [0.29, 0.717) is 12.5 Å². The fourth-order valence-electron chi connectivity index (χ4n) is 2.22. The average molecular weight is 170 g/mol. The van der Waals surface area contributed by atoms with Gasteiger partial charge in [-0.2, -0.15) is 0 Å². The lowest BCUT2D eigenvalue weighted by Crippen LogP contribution is -2.45. The molecular weight excluding hydrogens is 156 g/mol. The predicted octanol–water partition coefficient (Wildman–Crippen LogP) is -0.761. The number of rotatable bonds is 3. The number of ether oxygens (including phenoxy) is 1. The summed E-state index contributed by atoms with van der Waals surface area (Å²) in [6.45, 7) is 0.696. The summed E-state index contributed by atoms with van der Waals surface area (Å²) in [7, 11) is 1.68. The minimum absolute atomic E-state index is 0.0917. The van der Waals surface area contributed by atoms with Crippen LogP contribution in [0.5, 0.6) is 0 Å². The molecule has 2 rings (SSSR count). The van der Waals surface area contributed by atoms with E-state index in [2.05, 4.69) is 5.32 Å². The van der Waals surface area contributed by atoms with E-state index in [1.165, 1.54) is 0 Å². The van der Waals surface area contributed by atoms with Gasteiger partial charge < -0.3 is 10.5 Å². The number of carbonyl (C=O) groups excluding carboxylic acids is 1. The van der Waals surface area contributed by atoms with E-state index in [1.54, 1.807) is 7.11 Å². The Morgan fingerprint density at radius 2 is 2.58 bits per heavy atom. The number of carbonyl (C=O) groups is 1. The molecule has 3 atom stereocenters. The zero-order chi connectivity index (χ0) is 8.77. The van der Waals surface area contributed by atoms with Crippen LogP contribution < -0.4 is 11.1 Å². The SMILES string of the molecule is COCC12CC1CC(C(N)=O)N2. The van der Waals surface area contributed by atoms with Gasteiger partial charge in [0.15, 0.2) is 0 Å². The first-order valence-electron chi connectivity index (χ1n) is 4.24. The van der Waals surface area contributed by atoms with Crippen LogP contribution in [0.25, 0.3) is 0 Å². The Balaban J connectivity index is 1.96. The lowest BCUT2D eigenvalue weighted by Gasteiger charge is -2.15. The summed E-state index contributed by atoms with van der Waals surface area (Å²) in [6.07, 6.45) is 2.02. The molecule has 0 aromatic carbocycles. The molecule has 1 amide bonds. The van der Waals surface area contributed by atoms with Crippen molar-refractivity contribution in [2.24, 2.45) is 11.7 Å². The topological polar surface area (TPSA) is 64.3 Å². The molecule has 0 radical (unpaired) electrons. The van der Waals surface area contributed by atoms with Crippen LogP contribution >= 0.6 is 0 Å². The number of nitrogens with one attached hydrogen (secondary N) is 1. The van der Waals surface area contributed by atoms with Gasteiger partial charge >= 0.3 is 0 Å². The highest BCUT2D eigenvalue weighted by molar-refractivity contribution is 5.80. The summed E-state index contributed by atoms with van der Waals surface area (Å²) in [4.78, 5) is 10.8. The van der Waals surface area contributed by atoms with Gasteiger partial charge in [0.05, 0.1) is 12.6 Å². The number of methoxy groups -OCH3 is 1. The van der Waals surface area contributed by atoms with E-state index in [4.69, 9.17) is 10.5 Å². The number of primary amides is 1. The molecule has 1 saturated carbocycles. The molecular formula is C8H14N2O2. The Morgan fingerprint density at radius 1 is 1.83 bits per heavy atom. The first-order chi connectivity index (χ1) is 5.68. The van der Waals surface area contributed by atoms with E-state index in [1.807, 2.05) is 0 Å². The molecule has 1 aliphatic carbocycles. The van der Waals surface area contributed by atoms with E-state index in [9.17, 15) is 4.79 Å². The van der Waals surface area contributed by atoms with Crippen molar-refractivity contribution in [1.82, 2.24) is 5.32 Å². The maximum absolute atomic E-state index is 10.8. The van der Waals surface area contributed by atoms with Gasteiger partial charge in [0.1, 0.15) is 0 Å². The van der Waals surface area contributed by atoms with Gasteiger partial charge in [-0.15, -0.1) is 0 Å². The summed E-state index contributed by atoms with van der Waals surface area (Å²) in [6, 6.07) is -0.126. The summed E-state index contributed by atoms with van der Waals surface area (Å²) in [5.74, 6) is 0.368. The van der Waals surface area contributed by atoms with Gasteiger partial charge in [-0.3, -0.25) is 10.1 Å². The van der Waals surface area contributed by atoms with Crippen molar-refractivity contribution in [2.75, 3.05) is 13.7 Å². The molecule has 68 valence electrons. The summed E-state index contributed by atoms with van der Waals surface area (Å²) in [5.41, 5.74) is 5.29. The van der Waals surface area contributed by atoms with Crippen LogP contribution in [-0.2, 0) is 9.53 Å². The van der Waals surface area contributed by atoms with E-state index in [-0.39, 0.29) is 17.5 Å². The third kappa shape index (κ3) is 1.03. The second kappa shape index (κ2) is 2.44. The summed E-state index contributed by atoms with van der Waals surface area (Å²) >= 11 is 0. The third-order valence-electron chi connectivity index (χ3n) is 2.96. The summed E-state index contributed by atoms with van der Waals surface area (Å²) in [5, 5.41) is 3.24. The molecule has 3 unspecified atom stereocenters. The second-order valence-electron chi connectivity index (χ2n) is 3.83. The largest absolute Gasteiger partial charge is 0.383 e. The van der Waals surface area contributed by atoms with Gasteiger partial charge in [0.2, 0.25) is 5.91 Å². The van der Waals surface area contributed by atoms with Crippen molar-refractivity contribution in [3.63, 3.8) is 0 Å². The maximum atomic E-state index is 10.8. The Hall–Kier alpha value is -0.610. The number of hydrogen-bond acceptors (Lipinski definition) is 3. The maximum Gasteiger partial charge on any atom is 0.234 e. The highest BCUT2D eigenvalue weighted by atomic mass is 16.5. The number of nitrogens with two attached hydrogens (primary N) is 1. The molecule has 4 nitrogen and oxygen atoms in total. The van der Waals surface area contributed by atoms with Crippen LogP contribution in [0, 0.1) is 5.92 Å². The van der Waals surface area contributed by atoms with Crippen molar-refractivity contribution >= 4 is 5.91 Å². The Bertz CT molecular complexity index is 219. The minimum atomic E-state index is -0.238. The molecule has 0 aromatic rings. The third-order valence-corrected chi connectivity index (χ3v) is 2.96.